The third-order valence-corrected chi connectivity index (χ3v) is 6.44. The number of pyridine rings is 1. The Balaban J connectivity index is 1.51. The van der Waals surface area contributed by atoms with Gasteiger partial charge in [-0.2, -0.15) is 0 Å². The van der Waals surface area contributed by atoms with Crippen LogP contribution in [0.15, 0.2) is 36.5 Å². The van der Waals surface area contributed by atoms with Crippen LogP contribution < -0.4 is 15.1 Å². The van der Waals surface area contributed by atoms with Crippen LogP contribution in [0.1, 0.15) is 31.2 Å². The summed E-state index contributed by atoms with van der Waals surface area (Å²) in [5, 5.41) is 3.38. The van der Waals surface area contributed by atoms with Gasteiger partial charge in [0.15, 0.2) is 0 Å². The molecule has 2 aliphatic heterocycles. The van der Waals surface area contributed by atoms with Crippen LogP contribution in [0.25, 0.3) is 0 Å². The Morgan fingerprint density at radius 2 is 2.06 bits per heavy atom. The van der Waals surface area contributed by atoms with Crippen molar-refractivity contribution in [1.29, 1.82) is 0 Å². The molecule has 162 valence electrons. The van der Waals surface area contributed by atoms with E-state index in [1.807, 2.05) is 35.2 Å². The molecule has 5 rings (SSSR count). The Morgan fingerprint density at radius 1 is 1.23 bits per heavy atom. The molecule has 0 atom stereocenters. The monoisotopic (exact) mass is 422 g/mol. The van der Waals surface area contributed by atoms with Gasteiger partial charge < -0.3 is 19.7 Å². The largest absolute Gasteiger partial charge is 0.447 e. The molecular weight excluding hydrogens is 396 g/mol. The van der Waals surface area contributed by atoms with Crippen molar-refractivity contribution in [2.75, 3.05) is 35.4 Å². The number of rotatable bonds is 3. The molecule has 0 unspecified atom stereocenters. The van der Waals surface area contributed by atoms with Crippen LogP contribution in [0.2, 0.25) is 0 Å². The van der Waals surface area contributed by atoms with E-state index in [2.05, 4.69) is 10.3 Å². The lowest BCUT2D eigenvalue weighted by Crippen LogP contribution is -2.38. The van der Waals surface area contributed by atoms with E-state index in [-0.39, 0.29) is 24.0 Å². The fourth-order valence-corrected chi connectivity index (χ4v) is 4.67. The van der Waals surface area contributed by atoms with E-state index in [1.165, 1.54) is 0 Å². The minimum atomic E-state index is -0.359. The summed E-state index contributed by atoms with van der Waals surface area (Å²) in [4.78, 5) is 33.7. The number of amides is 2. The molecule has 1 aromatic carbocycles. The molecule has 0 bridgehead atoms. The van der Waals surface area contributed by atoms with Crippen LogP contribution in [0.5, 0.6) is 0 Å². The number of anilines is 4. The third kappa shape index (κ3) is 3.72. The summed E-state index contributed by atoms with van der Waals surface area (Å²) in [5.41, 5.74) is 3.24. The number of carbonyl (C=O) groups is 2. The van der Waals surface area contributed by atoms with E-state index >= 15 is 0 Å². The van der Waals surface area contributed by atoms with Crippen molar-refractivity contribution in [2.24, 2.45) is 5.92 Å². The number of nitrogens with one attached hydrogen (secondary N) is 1. The quantitative estimate of drug-likeness (QED) is 0.809. The van der Waals surface area contributed by atoms with Gasteiger partial charge in [-0.25, -0.2) is 9.78 Å². The number of aromatic nitrogens is 1. The second-order valence-electron chi connectivity index (χ2n) is 8.24. The van der Waals surface area contributed by atoms with Gasteiger partial charge in [-0.3, -0.25) is 9.69 Å². The number of cyclic esters (lactones) is 1. The molecule has 8 nitrogen and oxygen atoms in total. The van der Waals surface area contributed by atoms with Gasteiger partial charge in [-0.05, 0) is 49.9 Å². The second kappa shape index (κ2) is 8.19. The molecule has 1 aliphatic carbocycles. The number of benzene rings is 1. The lowest BCUT2D eigenvalue weighted by molar-refractivity contribution is -0.124. The van der Waals surface area contributed by atoms with Crippen LogP contribution >= 0.6 is 0 Å². The van der Waals surface area contributed by atoms with Crippen LogP contribution in [0.4, 0.5) is 27.7 Å². The van der Waals surface area contributed by atoms with Gasteiger partial charge >= 0.3 is 6.09 Å². The van der Waals surface area contributed by atoms with Crippen molar-refractivity contribution >= 4 is 34.9 Å². The van der Waals surface area contributed by atoms with Gasteiger partial charge in [-0.15, -0.1) is 0 Å². The van der Waals surface area contributed by atoms with E-state index < -0.39 is 0 Å². The molecule has 1 N–H and O–H groups in total. The highest BCUT2D eigenvalue weighted by molar-refractivity contribution is 6.01. The van der Waals surface area contributed by atoms with Crippen LogP contribution in [0, 0.1) is 5.92 Å². The standard InChI is InChI=1S/C23H26N4O4/c1-30-18-7-4-15(5-8-18)22(28)27-14-16-3-2-10-24-21(16)25-19-9-6-17(13-20(19)27)26-11-12-31-23(26)29/h2-3,6,9-10,13,15,18H,4-5,7-8,11-12,14H2,1H3,(H,24,25). The van der Waals surface area contributed by atoms with Gasteiger partial charge in [0.2, 0.25) is 5.91 Å². The van der Waals surface area contributed by atoms with Gasteiger partial charge in [-0.1, -0.05) is 6.07 Å². The van der Waals surface area contributed by atoms with Gasteiger partial charge in [0.05, 0.1) is 30.6 Å². The Kier molecular flexibility index (Phi) is 5.23. The summed E-state index contributed by atoms with van der Waals surface area (Å²) in [5.74, 6) is 0.809. The van der Waals surface area contributed by atoms with E-state index in [0.29, 0.717) is 19.7 Å². The SMILES string of the molecule is COC1CCC(C(=O)N2Cc3cccnc3Nc3ccc(N4CCOC4=O)cc32)CC1. The predicted octanol–water partition coefficient (Wildman–Crippen LogP) is 3.83. The fraction of sp³-hybridized carbons (Fsp3) is 0.435. The molecule has 0 radical (unpaired) electrons. The van der Waals surface area contributed by atoms with Gasteiger partial charge in [0.25, 0.3) is 0 Å². The molecule has 1 saturated carbocycles. The Bertz CT molecular complexity index is 1000. The molecule has 3 aliphatic rings. The van der Waals surface area contributed by atoms with Crippen LogP contribution in [-0.4, -0.2) is 43.3 Å². The number of fused-ring (bicyclic) bond motifs is 2. The summed E-state index contributed by atoms with van der Waals surface area (Å²) in [6, 6.07) is 9.55. The first kappa shape index (κ1) is 19.8. The Morgan fingerprint density at radius 3 is 2.81 bits per heavy atom. The van der Waals surface area contributed by atoms with Crippen molar-refractivity contribution < 1.29 is 19.1 Å². The minimum absolute atomic E-state index is 0.0436. The summed E-state index contributed by atoms with van der Waals surface area (Å²) in [7, 11) is 1.73. The van der Waals surface area contributed by atoms with Crippen molar-refractivity contribution in [3.05, 3.63) is 42.1 Å². The smallest absolute Gasteiger partial charge is 0.414 e. The first-order chi connectivity index (χ1) is 15.1. The van der Waals surface area contributed by atoms with E-state index in [0.717, 1.165) is 54.1 Å². The molecule has 31 heavy (non-hydrogen) atoms. The molecule has 2 amide bonds. The molecule has 2 fully saturated rings. The third-order valence-electron chi connectivity index (χ3n) is 6.44. The molecule has 3 heterocycles. The van der Waals surface area contributed by atoms with E-state index in [4.69, 9.17) is 9.47 Å². The minimum Gasteiger partial charge on any atom is -0.447 e. The normalized spacial score (nSPS) is 22.8. The van der Waals surface area contributed by atoms with Crippen LogP contribution in [-0.2, 0) is 20.8 Å². The first-order valence-corrected chi connectivity index (χ1v) is 10.8. The van der Waals surface area contributed by atoms with Crippen molar-refractivity contribution in [3.8, 4) is 0 Å². The van der Waals surface area contributed by atoms with Crippen LogP contribution in [0.3, 0.4) is 0 Å². The molecule has 1 aromatic heterocycles. The second-order valence-corrected chi connectivity index (χ2v) is 8.24. The van der Waals surface area contributed by atoms with Gasteiger partial charge in [0, 0.05) is 30.5 Å². The zero-order chi connectivity index (χ0) is 21.4. The zero-order valence-electron chi connectivity index (χ0n) is 17.5. The highest BCUT2D eigenvalue weighted by Crippen LogP contribution is 2.40. The highest BCUT2D eigenvalue weighted by atomic mass is 16.6. The molecular formula is C23H26N4O4. The first-order valence-electron chi connectivity index (χ1n) is 10.8. The Hall–Kier alpha value is -3.13. The number of nitrogens with zero attached hydrogens (tertiary/aromatic N) is 3. The van der Waals surface area contributed by atoms with Crippen molar-refractivity contribution in [2.45, 2.75) is 38.3 Å². The maximum Gasteiger partial charge on any atom is 0.414 e. The summed E-state index contributed by atoms with van der Waals surface area (Å²) >= 11 is 0. The lowest BCUT2D eigenvalue weighted by Gasteiger charge is -2.32. The summed E-state index contributed by atoms with van der Waals surface area (Å²) < 4.78 is 10.6. The summed E-state index contributed by atoms with van der Waals surface area (Å²) in [6.07, 6.45) is 5.03. The number of hydrogen-bond acceptors (Lipinski definition) is 6. The molecule has 0 spiro atoms. The number of carbonyl (C=O) groups excluding carboxylic acids is 2. The lowest BCUT2D eigenvalue weighted by atomic mass is 9.86. The predicted molar refractivity (Wildman–Crippen MR) is 117 cm³/mol. The topological polar surface area (TPSA) is 84.0 Å². The van der Waals surface area contributed by atoms with Crippen molar-refractivity contribution in [3.63, 3.8) is 0 Å². The maximum atomic E-state index is 13.7. The van der Waals surface area contributed by atoms with Gasteiger partial charge in [0.1, 0.15) is 12.4 Å². The zero-order valence-corrected chi connectivity index (χ0v) is 17.5. The van der Waals surface area contributed by atoms with E-state index in [1.54, 1.807) is 18.2 Å². The maximum absolute atomic E-state index is 13.7. The number of methoxy groups -OCH3 is 1. The molecule has 1 saturated heterocycles. The average Bonchev–Trinajstić information content (AvgIpc) is 3.16. The fourth-order valence-electron chi connectivity index (χ4n) is 4.67. The highest BCUT2D eigenvalue weighted by Gasteiger charge is 2.34. The number of hydrogen-bond donors (Lipinski definition) is 1. The van der Waals surface area contributed by atoms with Crippen molar-refractivity contribution in [1.82, 2.24) is 4.98 Å². The summed E-state index contributed by atoms with van der Waals surface area (Å²) in [6.45, 7) is 1.30. The number of ether oxygens (including phenoxy) is 2. The molecule has 8 heteroatoms. The average molecular weight is 422 g/mol. The van der Waals surface area contributed by atoms with E-state index in [9.17, 15) is 9.59 Å². The molecule has 2 aromatic rings. The Labute approximate surface area is 181 Å².